The maximum absolute atomic E-state index is 3.80. The zero-order valence-corrected chi connectivity index (χ0v) is 6.65. The zero-order valence-electron chi connectivity index (χ0n) is 6.65. The molecule has 0 aliphatic carbocycles. The molecule has 0 spiro atoms. The second-order valence-corrected chi connectivity index (χ2v) is 1.92. The summed E-state index contributed by atoms with van der Waals surface area (Å²) in [6, 6.07) is 0. The van der Waals surface area contributed by atoms with Crippen molar-refractivity contribution in [3.05, 3.63) is 24.0 Å². The topological polar surface area (TPSA) is 24.4 Å². The van der Waals surface area contributed by atoms with Gasteiger partial charge in [-0.05, 0) is 26.1 Å². The van der Waals surface area contributed by atoms with Gasteiger partial charge in [-0.2, -0.15) is 0 Å². The summed E-state index contributed by atoms with van der Waals surface area (Å²) < 4.78 is 0. The first-order valence-corrected chi connectivity index (χ1v) is 3.30. The van der Waals surface area contributed by atoms with Crippen LogP contribution in [0.3, 0.4) is 0 Å². The van der Waals surface area contributed by atoms with Crippen molar-refractivity contribution >= 4 is 6.72 Å². The van der Waals surface area contributed by atoms with Crippen molar-refractivity contribution in [2.75, 3.05) is 6.54 Å². The van der Waals surface area contributed by atoms with Gasteiger partial charge in [0.15, 0.2) is 0 Å². The van der Waals surface area contributed by atoms with Gasteiger partial charge in [0.25, 0.3) is 0 Å². The fraction of sp³-hybridized carbons (Fsp3) is 0.375. The fourth-order valence-corrected chi connectivity index (χ4v) is 0.584. The SMILES string of the molecule is C=C/C(C)=C(\N=C)NCC. The molecule has 0 saturated carbocycles. The lowest BCUT2D eigenvalue weighted by Crippen LogP contribution is -2.11. The van der Waals surface area contributed by atoms with Crippen LogP contribution in [0.2, 0.25) is 0 Å². The highest BCUT2D eigenvalue weighted by Crippen LogP contribution is 2.00. The van der Waals surface area contributed by atoms with Crippen molar-refractivity contribution in [1.29, 1.82) is 0 Å². The number of hydrogen-bond donors (Lipinski definition) is 1. The monoisotopic (exact) mass is 138 g/mol. The van der Waals surface area contributed by atoms with Crippen LogP contribution < -0.4 is 5.32 Å². The summed E-state index contributed by atoms with van der Waals surface area (Å²) in [5.74, 6) is 0.817. The first kappa shape index (κ1) is 8.95. The van der Waals surface area contributed by atoms with Gasteiger partial charge >= 0.3 is 0 Å². The second kappa shape index (κ2) is 4.79. The van der Waals surface area contributed by atoms with Crippen molar-refractivity contribution in [2.45, 2.75) is 13.8 Å². The molecule has 0 bridgehead atoms. The first-order chi connectivity index (χ1) is 4.76. The smallest absolute Gasteiger partial charge is 0.128 e. The molecule has 0 radical (unpaired) electrons. The Kier molecular flexibility index (Phi) is 4.29. The van der Waals surface area contributed by atoms with E-state index < -0.39 is 0 Å². The van der Waals surface area contributed by atoms with E-state index in [1.165, 1.54) is 0 Å². The van der Waals surface area contributed by atoms with E-state index in [1.807, 2.05) is 13.8 Å². The van der Waals surface area contributed by atoms with E-state index in [9.17, 15) is 0 Å². The minimum absolute atomic E-state index is 0.817. The molecule has 10 heavy (non-hydrogen) atoms. The molecule has 0 fully saturated rings. The number of nitrogens with one attached hydrogen (secondary N) is 1. The minimum Gasteiger partial charge on any atom is -0.370 e. The standard InChI is InChI=1S/C8H14N2/c1-5-7(3)8(9-4)10-6-2/h5,10H,1,4,6H2,2-3H3/b8-7+. The molecule has 56 valence electrons. The molecule has 0 atom stereocenters. The number of allylic oxidation sites excluding steroid dienone is 2. The molecule has 0 rings (SSSR count). The van der Waals surface area contributed by atoms with E-state index in [0.29, 0.717) is 0 Å². The van der Waals surface area contributed by atoms with Crippen molar-refractivity contribution in [2.24, 2.45) is 4.99 Å². The first-order valence-electron chi connectivity index (χ1n) is 3.30. The van der Waals surface area contributed by atoms with E-state index in [2.05, 4.69) is 23.6 Å². The lowest BCUT2D eigenvalue weighted by atomic mass is 10.3. The van der Waals surface area contributed by atoms with Gasteiger partial charge in [0.05, 0.1) is 0 Å². The summed E-state index contributed by atoms with van der Waals surface area (Å²) in [4.78, 5) is 3.80. The summed E-state index contributed by atoms with van der Waals surface area (Å²) in [5, 5.41) is 3.06. The van der Waals surface area contributed by atoms with E-state index in [0.717, 1.165) is 17.9 Å². The van der Waals surface area contributed by atoms with Crippen LogP contribution in [0.15, 0.2) is 29.0 Å². The summed E-state index contributed by atoms with van der Waals surface area (Å²) in [7, 11) is 0. The van der Waals surface area contributed by atoms with Crippen LogP contribution in [0, 0.1) is 0 Å². The second-order valence-electron chi connectivity index (χ2n) is 1.92. The molecule has 0 aromatic carbocycles. The Morgan fingerprint density at radius 1 is 1.70 bits per heavy atom. The molecule has 0 amide bonds. The Bertz CT molecular complexity index is 157. The fourth-order valence-electron chi connectivity index (χ4n) is 0.584. The Morgan fingerprint density at radius 2 is 2.30 bits per heavy atom. The van der Waals surface area contributed by atoms with Crippen LogP contribution in [0.1, 0.15) is 13.8 Å². The normalized spacial score (nSPS) is 11.8. The van der Waals surface area contributed by atoms with E-state index in [1.54, 1.807) is 6.08 Å². The van der Waals surface area contributed by atoms with Gasteiger partial charge in [-0.3, -0.25) is 0 Å². The third-order valence-corrected chi connectivity index (χ3v) is 1.18. The lowest BCUT2D eigenvalue weighted by molar-refractivity contribution is 0.832. The largest absolute Gasteiger partial charge is 0.370 e. The highest BCUT2D eigenvalue weighted by Gasteiger charge is 1.91. The third kappa shape index (κ3) is 2.49. The molecule has 0 unspecified atom stereocenters. The Labute approximate surface area is 62.4 Å². The van der Waals surface area contributed by atoms with Crippen molar-refractivity contribution in [3.8, 4) is 0 Å². The molecule has 1 N–H and O–H groups in total. The predicted molar refractivity (Wildman–Crippen MR) is 46.1 cm³/mol. The van der Waals surface area contributed by atoms with Gasteiger partial charge in [0.1, 0.15) is 5.82 Å². The molecule has 0 aliphatic heterocycles. The average molecular weight is 138 g/mol. The van der Waals surface area contributed by atoms with E-state index in [4.69, 9.17) is 0 Å². The maximum Gasteiger partial charge on any atom is 0.128 e. The van der Waals surface area contributed by atoms with Gasteiger partial charge in [0, 0.05) is 6.54 Å². The molecule has 0 saturated heterocycles. The van der Waals surface area contributed by atoms with Crippen LogP contribution in [0.4, 0.5) is 0 Å². The number of rotatable bonds is 4. The Hall–Kier alpha value is -1.05. The molecule has 2 heteroatoms. The number of nitrogens with zero attached hydrogens (tertiary/aromatic N) is 1. The van der Waals surface area contributed by atoms with E-state index in [-0.39, 0.29) is 0 Å². The summed E-state index contributed by atoms with van der Waals surface area (Å²) in [6.07, 6.45) is 1.76. The van der Waals surface area contributed by atoms with Crippen molar-refractivity contribution in [3.63, 3.8) is 0 Å². The average Bonchev–Trinajstić information content (AvgIpc) is 1.99. The van der Waals surface area contributed by atoms with Crippen molar-refractivity contribution < 1.29 is 0 Å². The maximum atomic E-state index is 3.80. The van der Waals surface area contributed by atoms with Crippen LogP contribution in [0.5, 0.6) is 0 Å². The number of aliphatic imine (C=N–C) groups is 1. The molecule has 0 heterocycles. The quantitative estimate of drug-likeness (QED) is 0.464. The highest BCUT2D eigenvalue weighted by molar-refractivity contribution is 5.32. The van der Waals surface area contributed by atoms with Crippen LogP contribution in [-0.4, -0.2) is 13.3 Å². The van der Waals surface area contributed by atoms with Gasteiger partial charge in [0.2, 0.25) is 0 Å². The van der Waals surface area contributed by atoms with Crippen LogP contribution >= 0.6 is 0 Å². The van der Waals surface area contributed by atoms with Gasteiger partial charge in [-0.25, -0.2) is 4.99 Å². The summed E-state index contributed by atoms with van der Waals surface area (Å²) in [6.45, 7) is 11.9. The summed E-state index contributed by atoms with van der Waals surface area (Å²) >= 11 is 0. The molecule has 0 aromatic rings. The Morgan fingerprint density at radius 3 is 2.60 bits per heavy atom. The lowest BCUT2D eigenvalue weighted by Gasteiger charge is -2.03. The van der Waals surface area contributed by atoms with Crippen molar-refractivity contribution in [1.82, 2.24) is 5.32 Å². The Balaban J connectivity index is 4.28. The highest BCUT2D eigenvalue weighted by atomic mass is 15.0. The molecule has 0 aliphatic rings. The molecule has 2 nitrogen and oxygen atoms in total. The predicted octanol–water partition coefficient (Wildman–Crippen LogP) is 1.71. The summed E-state index contributed by atoms with van der Waals surface area (Å²) in [5.41, 5.74) is 1.02. The number of hydrogen-bond acceptors (Lipinski definition) is 2. The molecular formula is C8H14N2. The molecular weight excluding hydrogens is 124 g/mol. The van der Waals surface area contributed by atoms with Gasteiger partial charge in [-0.15, -0.1) is 0 Å². The zero-order chi connectivity index (χ0) is 7.98. The van der Waals surface area contributed by atoms with Gasteiger partial charge in [-0.1, -0.05) is 12.7 Å². The van der Waals surface area contributed by atoms with E-state index >= 15 is 0 Å². The minimum atomic E-state index is 0.817. The van der Waals surface area contributed by atoms with Crippen LogP contribution in [-0.2, 0) is 0 Å². The molecule has 0 aromatic heterocycles. The third-order valence-electron chi connectivity index (χ3n) is 1.18. The van der Waals surface area contributed by atoms with Crippen LogP contribution in [0.25, 0.3) is 0 Å². The van der Waals surface area contributed by atoms with Gasteiger partial charge < -0.3 is 5.32 Å².